The zero-order valence-corrected chi connectivity index (χ0v) is 8.21. The van der Waals surface area contributed by atoms with Gasteiger partial charge in [-0.2, -0.15) is 0 Å². The highest BCUT2D eigenvalue weighted by Crippen LogP contribution is 2.32. The van der Waals surface area contributed by atoms with E-state index in [-0.39, 0.29) is 0 Å². The molecule has 3 N–H and O–H groups in total. The molecule has 0 unspecified atom stereocenters. The van der Waals surface area contributed by atoms with Gasteiger partial charge < -0.3 is 15.6 Å². The van der Waals surface area contributed by atoms with Crippen molar-refractivity contribution in [3.8, 4) is 0 Å². The molecule has 0 atom stereocenters. The van der Waals surface area contributed by atoms with Gasteiger partial charge in [0.1, 0.15) is 0 Å². The van der Waals surface area contributed by atoms with Crippen LogP contribution in [0.5, 0.6) is 0 Å². The molecule has 0 bridgehead atoms. The maximum absolute atomic E-state index is 6.01. The predicted octanol–water partition coefficient (Wildman–Crippen LogP) is 1.00. The number of nitrogens with one attached hydrogen (secondary N) is 1. The maximum atomic E-state index is 6.01. The lowest BCUT2D eigenvalue weighted by Crippen LogP contribution is -2.17. The molecule has 3 nitrogen and oxygen atoms in total. The molecule has 0 fully saturated rings. The molecule has 0 saturated carbocycles. The van der Waals surface area contributed by atoms with Crippen molar-refractivity contribution in [2.45, 2.75) is 19.4 Å². The number of nitrogens with zero attached hydrogens (tertiary/aromatic N) is 1. The first kappa shape index (κ1) is 8.12. The van der Waals surface area contributed by atoms with Crippen LogP contribution < -0.4 is 11.1 Å². The summed E-state index contributed by atoms with van der Waals surface area (Å²) in [6.45, 7) is 3.07. The molecule has 0 spiro atoms. The molecule has 3 heteroatoms. The van der Waals surface area contributed by atoms with Gasteiger partial charge in [0.05, 0.1) is 11.4 Å². The lowest BCUT2D eigenvalue weighted by Gasteiger charge is -2.14. The molecule has 0 saturated heterocycles. The van der Waals surface area contributed by atoms with Gasteiger partial charge in [0.2, 0.25) is 0 Å². The van der Waals surface area contributed by atoms with E-state index in [4.69, 9.17) is 5.73 Å². The Morgan fingerprint density at radius 3 is 3.29 bits per heavy atom. The van der Waals surface area contributed by atoms with Crippen LogP contribution in [0.15, 0.2) is 12.3 Å². The standard InChI is InChI=1S/C11H15N3/c12-10-7-14-5-4-13-6-8-2-1-3-9(10)11(8)14/h2,7,13H,1,3-6,12H2. The van der Waals surface area contributed by atoms with Gasteiger partial charge in [0.25, 0.3) is 0 Å². The lowest BCUT2D eigenvalue weighted by molar-refractivity contribution is 0.650. The first-order chi connectivity index (χ1) is 6.86. The minimum atomic E-state index is 0.979. The Labute approximate surface area is 83.6 Å². The molecular weight excluding hydrogens is 174 g/mol. The van der Waals surface area contributed by atoms with E-state index in [1.165, 1.54) is 16.8 Å². The molecule has 2 aliphatic rings. The molecule has 1 aliphatic carbocycles. The van der Waals surface area contributed by atoms with E-state index in [0.717, 1.165) is 38.2 Å². The Kier molecular flexibility index (Phi) is 1.67. The number of hydrogen-bond acceptors (Lipinski definition) is 2. The van der Waals surface area contributed by atoms with Crippen LogP contribution in [0, 0.1) is 0 Å². The second kappa shape index (κ2) is 2.89. The molecule has 0 aromatic carbocycles. The fourth-order valence-electron chi connectivity index (χ4n) is 2.50. The predicted molar refractivity (Wildman–Crippen MR) is 58.0 cm³/mol. The summed E-state index contributed by atoms with van der Waals surface area (Å²) in [5.41, 5.74) is 11.2. The van der Waals surface area contributed by atoms with Crippen molar-refractivity contribution in [1.82, 2.24) is 9.88 Å². The molecular formula is C11H15N3. The van der Waals surface area contributed by atoms with E-state index in [1.54, 1.807) is 0 Å². The third-order valence-corrected chi connectivity index (χ3v) is 3.15. The Bertz CT molecular complexity index is 401. The molecule has 0 radical (unpaired) electrons. The second-order valence-electron chi connectivity index (χ2n) is 4.05. The largest absolute Gasteiger partial charge is 0.397 e. The molecule has 14 heavy (non-hydrogen) atoms. The average molecular weight is 189 g/mol. The summed E-state index contributed by atoms with van der Waals surface area (Å²) in [5.74, 6) is 0. The van der Waals surface area contributed by atoms with E-state index in [0.29, 0.717) is 0 Å². The van der Waals surface area contributed by atoms with Crippen molar-refractivity contribution in [1.29, 1.82) is 0 Å². The van der Waals surface area contributed by atoms with Crippen molar-refractivity contribution in [2.24, 2.45) is 0 Å². The number of aromatic nitrogens is 1. The van der Waals surface area contributed by atoms with Crippen molar-refractivity contribution < 1.29 is 0 Å². The van der Waals surface area contributed by atoms with Gasteiger partial charge in [-0.1, -0.05) is 6.08 Å². The van der Waals surface area contributed by atoms with Crippen LogP contribution >= 0.6 is 0 Å². The van der Waals surface area contributed by atoms with Crippen LogP contribution in [0.3, 0.4) is 0 Å². The van der Waals surface area contributed by atoms with E-state index in [1.807, 2.05) is 0 Å². The van der Waals surface area contributed by atoms with Crippen LogP contribution in [-0.4, -0.2) is 17.7 Å². The highest BCUT2D eigenvalue weighted by molar-refractivity contribution is 5.74. The Hall–Kier alpha value is -1.22. The Morgan fingerprint density at radius 2 is 2.36 bits per heavy atom. The molecule has 2 heterocycles. The normalized spacial score (nSPS) is 19.9. The first-order valence-electron chi connectivity index (χ1n) is 5.24. The highest BCUT2D eigenvalue weighted by Gasteiger charge is 2.21. The number of nitrogen functional groups attached to an aromatic ring is 1. The van der Waals surface area contributed by atoms with Gasteiger partial charge in [0, 0.05) is 31.4 Å². The monoisotopic (exact) mass is 189 g/mol. The van der Waals surface area contributed by atoms with Crippen LogP contribution in [0.2, 0.25) is 0 Å². The number of anilines is 1. The summed E-state index contributed by atoms with van der Waals surface area (Å²) in [7, 11) is 0. The number of allylic oxidation sites excluding steroid dienone is 1. The van der Waals surface area contributed by atoms with Crippen LogP contribution in [-0.2, 0) is 13.0 Å². The van der Waals surface area contributed by atoms with Crippen LogP contribution in [0.4, 0.5) is 5.69 Å². The average Bonchev–Trinajstić information content (AvgIpc) is 2.41. The first-order valence-corrected chi connectivity index (χ1v) is 5.24. The van der Waals surface area contributed by atoms with Crippen LogP contribution in [0.25, 0.3) is 5.57 Å². The van der Waals surface area contributed by atoms with E-state index < -0.39 is 0 Å². The molecule has 0 amide bonds. The summed E-state index contributed by atoms with van der Waals surface area (Å²) in [6.07, 6.45) is 6.68. The number of nitrogens with two attached hydrogens (primary N) is 1. The van der Waals surface area contributed by atoms with Gasteiger partial charge in [-0.3, -0.25) is 0 Å². The van der Waals surface area contributed by atoms with Gasteiger partial charge in [0.15, 0.2) is 0 Å². The minimum Gasteiger partial charge on any atom is -0.397 e. The maximum Gasteiger partial charge on any atom is 0.0533 e. The van der Waals surface area contributed by atoms with E-state index >= 15 is 0 Å². The smallest absolute Gasteiger partial charge is 0.0533 e. The van der Waals surface area contributed by atoms with E-state index in [2.05, 4.69) is 22.2 Å². The van der Waals surface area contributed by atoms with Gasteiger partial charge >= 0.3 is 0 Å². The SMILES string of the molecule is Nc1cn2c3c1CCC=C3CNCC2. The Balaban J connectivity index is 2.22. The lowest BCUT2D eigenvalue weighted by atomic mass is 9.96. The van der Waals surface area contributed by atoms with Crippen molar-refractivity contribution in [3.05, 3.63) is 23.5 Å². The topological polar surface area (TPSA) is 43.0 Å². The fraction of sp³-hybridized carbons (Fsp3) is 0.455. The summed E-state index contributed by atoms with van der Waals surface area (Å²) < 4.78 is 2.30. The van der Waals surface area contributed by atoms with Gasteiger partial charge in [-0.05, 0) is 18.4 Å². The zero-order valence-electron chi connectivity index (χ0n) is 8.21. The third kappa shape index (κ3) is 1.02. The number of rotatable bonds is 0. The molecule has 3 rings (SSSR count). The minimum absolute atomic E-state index is 0.979. The third-order valence-electron chi connectivity index (χ3n) is 3.15. The van der Waals surface area contributed by atoms with E-state index in [9.17, 15) is 0 Å². The quantitative estimate of drug-likeness (QED) is 0.639. The number of hydrogen-bond donors (Lipinski definition) is 2. The highest BCUT2D eigenvalue weighted by atomic mass is 15.0. The zero-order chi connectivity index (χ0) is 9.54. The summed E-state index contributed by atoms with van der Waals surface area (Å²) in [6, 6.07) is 0. The van der Waals surface area contributed by atoms with Crippen molar-refractivity contribution >= 4 is 11.3 Å². The van der Waals surface area contributed by atoms with Crippen molar-refractivity contribution in [2.75, 3.05) is 18.8 Å². The summed E-state index contributed by atoms with van der Waals surface area (Å²) >= 11 is 0. The molecule has 1 aliphatic heterocycles. The van der Waals surface area contributed by atoms with Gasteiger partial charge in [-0.15, -0.1) is 0 Å². The fourth-order valence-corrected chi connectivity index (χ4v) is 2.50. The van der Waals surface area contributed by atoms with Gasteiger partial charge in [-0.25, -0.2) is 0 Å². The molecule has 74 valence electrons. The summed E-state index contributed by atoms with van der Waals surface area (Å²) in [4.78, 5) is 0. The second-order valence-corrected chi connectivity index (χ2v) is 4.05. The Morgan fingerprint density at radius 1 is 1.43 bits per heavy atom. The van der Waals surface area contributed by atoms with Crippen LogP contribution in [0.1, 0.15) is 17.7 Å². The summed E-state index contributed by atoms with van der Waals surface area (Å²) in [5, 5.41) is 3.43. The molecule has 1 aromatic rings. The molecule has 1 aromatic heterocycles. The van der Waals surface area contributed by atoms with Crippen molar-refractivity contribution in [3.63, 3.8) is 0 Å².